The molecule has 1 N–H and O–H groups in total. The van der Waals surface area contributed by atoms with Crippen LogP contribution in [0.15, 0.2) is 36.7 Å². The van der Waals surface area contributed by atoms with Crippen LogP contribution >= 0.6 is 0 Å². The van der Waals surface area contributed by atoms with E-state index in [4.69, 9.17) is 0 Å². The summed E-state index contributed by atoms with van der Waals surface area (Å²) in [7, 11) is 1.57. The monoisotopic (exact) mass is 285 g/mol. The average molecular weight is 285 g/mol. The summed E-state index contributed by atoms with van der Waals surface area (Å²) in [6, 6.07) is 3.81. The van der Waals surface area contributed by atoms with Gasteiger partial charge < -0.3 is 5.32 Å². The number of halogens is 4. The second-order valence-electron chi connectivity index (χ2n) is 4.07. The Morgan fingerprint density at radius 2 is 1.80 bits per heavy atom. The van der Waals surface area contributed by atoms with Gasteiger partial charge in [-0.1, -0.05) is 6.07 Å². The summed E-state index contributed by atoms with van der Waals surface area (Å²) in [5.74, 6) is -0.986. The molecule has 0 saturated heterocycles. The van der Waals surface area contributed by atoms with Crippen LogP contribution < -0.4 is 5.32 Å². The Balaban J connectivity index is 2.46. The van der Waals surface area contributed by atoms with Gasteiger partial charge in [0.15, 0.2) is 0 Å². The zero-order valence-electron chi connectivity index (χ0n) is 10.4. The minimum atomic E-state index is -4.74. The Hall–Kier alpha value is -2.02. The number of rotatable bonds is 3. The molecule has 0 radical (unpaired) electrons. The third-order valence-electron chi connectivity index (χ3n) is 2.76. The SMILES string of the molecule is CNC(c1ccc(F)c(C(F)(F)F)c1)c1ncccn1. The van der Waals surface area contributed by atoms with Gasteiger partial charge in [0.05, 0.1) is 11.6 Å². The molecule has 1 unspecified atom stereocenters. The van der Waals surface area contributed by atoms with Gasteiger partial charge in [0.25, 0.3) is 0 Å². The van der Waals surface area contributed by atoms with Gasteiger partial charge in [-0.05, 0) is 30.8 Å². The van der Waals surface area contributed by atoms with Gasteiger partial charge in [0, 0.05) is 12.4 Å². The first-order valence-corrected chi connectivity index (χ1v) is 5.74. The first-order chi connectivity index (χ1) is 9.43. The van der Waals surface area contributed by atoms with E-state index in [0.717, 1.165) is 12.1 Å². The number of hydrogen-bond donors (Lipinski definition) is 1. The minimum Gasteiger partial charge on any atom is -0.307 e. The smallest absolute Gasteiger partial charge is 0.307 e. The van der Waals surface area contributed by atoms with E-state index in [1.807, 2.05) is 0 Å². The Morgan fingerprint density at radius 3 is 2.35 bits per heavy atom. The summed E-state index contributed by atoms with van der Waals surface area (Å²) in [4.78, 5) is 7.98. The summed E-state index contributed by atoms with van der Waals surface area (Å²) in [5, 5.41) is 2.82. The molecule has 1 atom stereocenters. The van der Waals surface area contributed by atoms with Crippen molar-refractivity contribution in [3.05, 3.63) is 59.4 Å². The molecule has 2 rings (SSSR count). The van der Waals surface area contributed by atoms with Crippen molar-refractivity contribution in [1.82, 2.24) is 15.3 Å². The standard InChI is InChI=1S/C13H11F4N3/c1-18-11(12-19-5-2-6-20-12)8-3-4-10(14)9(7-8)13(15,16)17/h2-7,11,18H,1H3. The Bertz CT molecular complexity index is 584. The van der Waals surface area contributed by atoms with Crippen molar-refractivity contribution >= 4 is 0 Å². The second-order valence-corrected chi connectivity index (χ2v) is 4.07. The van der Waals surface area contributed by atoms with Crippen LogP contribution in [0.5, 0.6) is 0 Å². The molecule has 3 nitrogen and oxygen atoms in total. The van der Waals surface area contributed by atoms with Gasteiger partial charge in [-0.25, -0.2) is 14.4 Å². The van der Waals surface area contributed by atoms with E-state index >= 15 is 0 Å². The van der Waals surface area contributed by atoms with Crippen LogP contribution in [0, 0.1) is 5.82 Å². The fourth-order valence-corrected chi connectivity index (χ4v) is 1.84. The van der Waals surface area contributed by atoms with Gasteiger partial charge >= 0.3 is 6.18 Å². The first-order valence-electron chi connectivity index (χ1n) is 5.74. The summed E-state index contributed by atoms with van der Waals surface area (Å²) in [6.07, 6.45) is -1.77. The van der Waals surface area contributed by atoms with Gasteiger partial charge in [0.1, 0.15) is 11.6 Å². The van der Waals surface area contributed by atoms with Crippen molar-refractivity contribution in [2.24, 2.45) is 0 Å². The molecule has 0 fully saturated rings. The highest BCUT2D eigenvalue weighted by molar-refractivity contribution is 5.32. The first kappa shape index (κ1) is 14.4. The maximum absolute atomic E-state index is 13.3. The Morgan fingerprint density at radius 1 is 1.15 bits per heavy atom. The van der Waals surface area contributed by atoms with Crippen molar-refractivity contribution in [3.63, 3.8) is 0 Å². The molecule has 1 aromatic carbocycles. The topological polar surface area (TPSA) is 37.8 Å². The van der Waals surface area contributed by atoms with E-state index in [2.05, 4.69) is 15.3 Å². The third kappa shape index (κ3) is 2.93. The van der Waals surface area contributed by atoms with Crippen LogP contribution in [-0.2, 0) is 6.18 Å². The largest absolute Gasteiger partial charge is 0.419 e. The number of hydrogen-bond acceptors (Lipinski definition) is 3. The molecule has 0 aliphatic heterocycles. The van der Waals surface area contributed by atoms with Crippen molar-refractivity contribution in [1.29, 1.82) is 0 Å². The molecule has 2 aromatic rings. The van der Waals surface area contributed by atoms with Crippen LogP contribution in [0.1, 0.15) is 23.0 Å². The molecule has 0 aliphatic carbocycles. The number of nitrogens with one attached hydrogen (secondary N) is 1. The van der Waals surface area contributed by atoms with Crippen LogP contribution in [0.4, 0.5) is 17.6 Å². The molecular weight excluding hydrogens is 274 g/mol. The van der Waals surface area contributed by atoms with E-state index in [1.54, 1.807) is 13.1 Å². The van der Waals surface area contributed by atoms with Crippen molar-refractivity contribution in [2.75, 3.05) is 7.05 Å². The van der Waals surface area contributed by atoms with Crippen molar-refractivity contribution in [3.8, 4) is 0 Å². The van der Waals surface area contributed by atoms with Crippen LogP contribution in [0.3, 0.4) is 0 Å². The van der Waals surface area contributed by atoms with Crippen molar-refractivity contribution < 1.29 is 17.6 Å². The van der Waals surface area contributed by atoms with E-state index < -0.39 is 23.6 Å². The maximum atomic E-state index is 13.3. The summed E-state index contributed by atoms with van der Waals surface area (Å²) in [6.45, 7) is 0. The zero-order chi connectivity index (χ0) is 14.8. The molecule has 0 aliphatic rings. The van der Waals surface area contributed by atoms with Gasteiger partial charge in [-0.2, -0.15) is 13.2 Å². The number of alkyl halides is 3. The lowest BCUT2D eigenvalue weighted by Gasteiger charge is -2.17. The molecule has 0 saturated carbocycles. The normalized spacial score (nSPS) is 13.2. The second kappa shape index (κ2) is 5.54. The van der Waals surface area contributed by atoms with E-state index in [0.29, 0.717) is 5.82 Å². The van der Waals surface area contributed by atoms with E-state index in [-0.39, 0.29) is 5.56 Å². The molecule has 0 amide bonds. The predicted molar refractivity (Wildman–Crippen MR) is 64.3 cm³/mol. The quantitative estimate of drug-likeness (QED) is 0.881. The summed E-state index contributed by atoms with van der Waals surface area (Å²) >= 11 is 0. The summed E-state index contributed by atoms with van der Waals surface area (Å²) in [5.41, 5.74) is -1.06. The number of nitrogens with zero attached hydrogens (tertiary/aromatic N) is 2. The lowest BCUT2D eigenvalue weighted by atomic mass is 10.0. The predicted octanol–water partition coefficient (Wildman–Crippen LogP) is 2.94. The number of aromatic nitrogens is 2. The van der Waals surface area contributed by atoms with E-state index in [9.17, 15) is 17.6 Å². The van der Waals surface area contributed by atoms with E-state index in [1.165, 1.54) is 18.5 Å². The molecular formula is C13H11F4N3. The lowest BCUT2D eigenvalue weighted by Crippen LogP contribution is -2.21. The highest BCUT2D eigenvalue weighted by atomic mass is 19.4. The van der Waals surface area contributed by atoms with Gasteiger partial charge in [-0.3, -0.25) is 0 Å². The number of benzene rings is 1. The Kier molecular flexibility index (Phi) is 3.99. The average Bonchev–Trinajstić information content (AvgIpc) is 2.41. The molecule has 20 heavy (non-hydrogen) atoms. The van der Waals surface area contributed by atoms with Crippen LogP contribution in [0.2, 0.25) is 0 Å². The minimum absolute atomic E-state index is 0.243. The lowest BCUT2D eigenvalue weighted by molar-refractivity contribution is -0.140. The third-order valence-corrected chi connectivity index (χ3v) is 2.76. The highest BCUT2D eigenvalue weighted by Crippen LogP contribution is 2.33. The van der Waals surface area contributed by atoms with Gasteiger partial charge in [-0.15, -0.1) is 0 Å². The maximum Gasteiger partial charge on any atom is 0.419 e. The summed E-state index contributed by atoms with van der Waals surface area (Å²) < 4.78 is 51.4. The van der Waals surface area contributed by atoms with Crippen LogP contribution in [-0.4, -0.2) is 17.0 Å². The molecule has 0 bridgehead atoms. The molecule has 106 valence electrons. The van der Waals surface area contributed by atoms with Crippen molar-refractivity contribution in [2.45, 2.75) is 12.2 Å². The van der Waals surface area contributed by atoms with Crippen LogP contribution in [0.25, 0.3) is 0 Å². The zero-order valence-corrected chi connectivity index (χ0v) is 10.4. The molecule has 7 heteroatoms. The molecule has 1 aromatic heterocycles. The fraction of sp³-hybridized carbons (Fsp3) is 0.231. The molecule has 0 spiro atoms. The van der Waals surface area contributed by atoms with Gasteiger partial charge in [0.2, 0.25) is 0 Å². The molecule has 1 heterocycles. The Labute approximate surface area is 112 Å². The fourth-order valence-electron chi connectivity index (χ4n) is 1.84. The highest BCUT2D eigenvalue weighted by Gasteiger charge is 2.34.